The van der Waals surface area contributed by atoms with Gasteiger partial charge in [0.25, 0.3) is 0 Å². The molecule has 100 valence electrons. The lowest BCUT2D eigenvalue weighted by Crippen LogP contribution is -2.37. The Morgan fingerprint density at radius 3 is 2.53 bits per heavy atom. The van der Waals surface area contributed by atoms with E-state index in [4.69, 9.17) is 5.73 Å². The van der Waals surface area contributed by atoms with Crippen molar-refractivity contribution in [2.24, 2.45) is 11.7 Å². The van der Waals surface area contributed by atoms with Crippen LogP contribution in [-0.2, 0) is 19.4 Å². The van der Waals surface area contributed by atoms with Crippen LogP contribution in [0.4, 0.5) is 0 Å². The highest BCUT2D eigenvalue weighted by Gasteiger charge is 2.35. The van der Waals surface area contributed by atoms with Gasteiger partial charge in [-0.15, -0.1) is 0 Å². The molecule has 2 atom stereocenters. The third-order valence-corrected chi connectivity index (χ3v) is 5.58. The molecule has 0 saturated heterocycles. The number of sulfone groups is 1. The molecule has 0 heterocycles. The minimum atomic E-state index is -3.43. The van der Waals surface area contributed by atoms with E-state index in [1.807, 2.05) is 0 Å². The highest BCUT2D eigenvalue weighted by atomic mass is 32.2. The van der Waals surface area contributed by atoms with E-state index in [-0.39, 0.29) is 5.92 Å². The molecule has 1 fully saturated rings. The Bertz CT molecular complexity index is 352. The van der Waals surface area contributed by atoms with E-state index in [0.717, 1.165) is 25.7 Å². The van der Waals surface area contributed by atoms with Crippen molar-refractivity contribution in [1.29, 1.82) is 0 Å². The Hall–Kier alpha value is -0.620. The van der Waals surface area contributed by atoms with Gasteiger partial charge in [0.1, 0.15) is 5.75 Å². The first-order valence-corrected chi connectivity index (χ1v) is 7.71. The maximum absolute atomic E-state index is 12.1. The zero-order valence-electron chi connectivity index (χ0n) is 10.2. The molecule has 17 heavy (non-hydrogen) atoms. The minimum absolute atomic E-state index is 0.0212. The molecule has 1 rings (SSSR count). The zero-order chi connectivity index (χ0) is 12.9. The number of esters is 1. The van der Waals surface area contributed by atoms with Crippen molar-refractivity contribution in [3.05, 3.63) is 0 Å². The van der Waals surface area contributed by atoms with Crippen LogP contribution in [0.3, 0.4) is 0 Å². The first-order chi connectivity index (χ1) is 8.01. The van der Waals surface area contributed by atoms with Crippen LogP contribution < -0.4 is 5.73 Å². The number of ether oxygens (including phenoxy) is 1. The van der Waals surface area contributed by atoms with Crippen molar-refractivity contribution >= 4 is 15.8 Å². The summed E-state index contributed by atoms with van der Waals surface area (Å²) in [5, 5.41) is -0.478. The van der Waals surface area contributed by atoms with E-state index < -0.39 is 26.8 Å². The SMILES string of the molecule is COC(=O)CS(=O)(=O)C1CCCCCC1CN. The lowest BCUT2D eigenvalue weighted by Gasteiger charge is -2.23. The molecule has 0 amide bonds. The lowest BCUT2D eigenvalue weighted by molar-refractivity contribution is -0.137. The van der Waals surface area contributed by atoms with Crippen LogP contribution in [-0.4, -0.2) is 39.0 Å². The molecular weight excluding hydrogens is 242 g/mol. The van der Waals surface area contributed by atoms with Gasteiger partial charge in [-0.05, 0) is 25.3 Å². The molecule has 0 spiro atoms. The van der Waals surface area contributed by atoms with Crippen molar-refractivity contribution in [2.75, 3.05) is 19.4 Å². The fourth-order valence-corrected chi connectivity index (χ4v) is 4.44. The number of nitrogens with two attached hydrogens (primary N) is 1. The quantitative estimate of drug-likeness (QED) is 0.589. The van der Waals surface area contributed by atoms with Gasteiger partial charge >= 0.3 is 5.97 Å². The zero-order valence-corrected chi connectivity index (χ0v) is 11.0. The molecule has 0 aromatic heterocycles. The molecule has 2 unspecified atom stereocenters. The number of carbonyl (C=O) groups is 1. The van der Waals surface area contributed by atoms with E-state index >= 15 is 0 Å². The molecule has 6 heteroatoms. The highest BCUT2D eigenvalue weighted by molar-refractivity contribution is 7.92. The lowest BCUT2D eigenvalue weighted by atomic mass is 10.0. The Kier molecular flexibility index (Phi) is 5.39. The van der Waals surface area contributed by atoms with Gasteiger partial charge in [0.15, 0.2) is 9.84 Å². The third kappa shape index (κ3) is 3.96. The van der Waals surface area contributed by atoms with Gasteiger partial charge in [0.2, 0.25) is 0 Å². The van der Waals surface area contributed by atoms with Crippen molar-refractivity contribution < 1.29 is 17.9 Å². The second-order valence-corrected chi connectivity index (χ2v) is 6.78. The molecule has 1 aliphatic carbocycles. The molecule has 1 aliphatic rings. The van der Waals surface area contributed by atoms with Gasteiger partial charge in [-0.25, -0.2) is 8.42 Å². The monoisotopic (exact) mass is 263 g/mol. The summed E-state index contributed by atoms with van der Waals surface area (Å²) in [7, 11) is -2.23. The summed E-state index contributed by atoms with van der Waals surface area (Å²) < 4.78 is 28.7. The predicted molar refractivity (Wildman–Crippen MR) is 65.2 cm³/mol. The van der Waals surface area contributed by atoms with Gasteiger partial charge in [0.05, 0.1) is 12.4 Å². The Morgan fingerprint density at radius 1 is 1.29 bits per heavy atom. The normalized spacial score (nSPS) is 26.2. The standard InChI is InChI=1S/C11H21NO4S/c1-16-11(13)8-17(14,15)10-6-4-2-3-5-9(10)7-12/h9-10H,2-8,12H2,1H3. The van der Waals surface area contributed by atoms with Crippen molar-refractivity contribution in [3.63, 3.8) is 0 Å². The smallest absolute Gasteiger partial charge is 0.320 e. The number of methoxy groups -OCH3 is 1. The first kappa shape index (κ1) is 14.4. The fraction of sp³-hybridized carbons (Fsp3) is 0.909. The second-order valence-electron chi connectivity index (χ2n) is 4.56. The summed E-state index contributed by atoms with van der Waals surface area (Å²) in [5.74, 6) is -1.23. The molecule has 2 N–H and O–H groups in total. The van der Waals surface area contributed by atoms with Crippen molar-refractivity contribution in [3.8, 4) is 0 Å². The van der Waals surface area contributed by atoms with Crippen LogP contribution >= 0.6 is 0 Å². The van der Waals surface area contributed by atoms with E-state index in [9.17, 15) is 13.2 Å². The van der Waals surface area contributed by atoms with Crippen molar-refractivity contribution in [1.82, 2.24) is 0 Å². The maximum Gasteiger partial charge on any atom is 0.320 e. The Labute approximate surface area is 103 Å². The van der Waals surface area contributed by atoms with Gasteiger partial charge in [-0.2, -0.15) is 0 Å². The van der Waals surface area contributed by atoms with E-state index in [2.05, 4.69) is 4.74 Å². The summed E-state index contributed by atoms with van der Waals surface area (Å²) in [4.78, 5) is 11.1. The van der Waals surface area contributed by atoms with Gasteiger partial charge in [0, 0.05) is 0 Å². The van der Waals surface area contributed by atoms with Crippen LogP contribution in [0.5, 0.6) is 0 Å². The molecular formula is C11H21NO4S. The Balaban J connectivity index is 2.82. The second kappa shape index (κ2) is 6.35. The fourth-order valence-electron chi connectivity index (χ4n) is 2.42. The number of hydrogen-bond donors (Lipinski definition) is 1. The average molecular weight is 263 g/mol. The van der Waals surface area contributed by atoms with E-state index in [1.165, 1.54) is 7.11 Å². The maximum atomic E-state index is 12.1. The summed E-state index contributed by atoms with van der Waals surface area (Å²) in [6.45, 7) is 0.366. The summed E-state index contributed by atoms with van der Waals surface area (Å²) in [6, 6.07) is 0. The summed E-state index contributed by atoms with van der Waals surface area (Å²) in [5.41, 5.74) is 5.64. The van der Waals surface area contributed by atoms with Crippen LogP contribution in [0.2, 0.25) is 0 Å². The topological polar surface area (TPSA) is 86.5 Å². The molecule has 0 aromatic rings. The highest BCUT2D eigenvalue weighted by Crippen LogP contribution is 2.28. The first-order valence-electron chi connectivity index (χ1n) is 5.99. The minimum Gasteiger partial charge on any atom is -0.468 e. The van der Waals surface area contributed by atoms with Crippen LogP contribution in [0.25, 0.3) is 0 Å². The molecule has 0 bridgehead atoms. The number of rotatable bonds is 4. The van der Waals surface area contributed by atoms with Crippen LogP contribution in [0.1, 0.15) is 32.1 Å². The van der Waals surface area contributed by atoms with Crippen LogP contribution in [0.15, 0.2) is 0 Å². The molecule has 1 saturated carbocycles. The molecule has 5 nitrogen and oxygen atoms in total. The molecule has 0 aromatic carbocycles. The Morgan fingerprint density at radius 2 is 1.94 bits per heavy atom. The summed E-state index contributed by atoms with van der Waals surface area (Å²) in [6.07, 6.45) is 4.40. The van der Waals surface area contributed by atoms with E-state index in [0.29, 0.717) is 13.0 Å². The van der Waals surface area contributed by atoms with E-state index in [1.54, 1.807) is 0 Å². The number of hydrogen-bond acceptors (Lipinski definition) is 5. The van der Waals surface area contributed by atoms with Gasteiger partial charge < -0.3 is 10.5 Å². The van der Waals surface area contributed by atoms with Crippen molar-refractivity contribution in [2.45, 2.75) is 37.4 Å². The average Bonchev–Trinajstić information content (AvgIpc) is 2.53. The van der Waals surface area contributed by atoms with Crippen LogP contribution in [0, 0.1) is 5.92 Å². The number of carbonyl (C=O) groups excluding carboxylic acids is 1. The largest absolute Gasteiger partial charge is 0.468 e. The molecule has 0 radical (unpaired) electrons. The third-order valence-electron chi connectivity index (χ3n) is 3.40. The van der Waals surface area contributed by atoms with Gasteiger partial charge in [-0.3, -0.25) is 4.79 Å². The summed E-state index contributed by atoms with van der Waals surface area (Å²) >= 11 is 0. The van der Waals surface area contributed by atoms with Gasteiger partial charge in [-0.1, -0.05) is 19.3 Å². The molecule has 0 aliphatic heterocycles. The predicted octanol–water partition coefficient (Wildman–Crippen LogP) is 0.482.